The molecule has 4 heterocycles. The van der Waals surface area contributed by atoms with E-state index in [1.165, 1.54) is 21.5 Å². The molecule has 0 bridgehead atoms. The summed E-state index contributed by atoms with van der Waals surface area (Å²) in [6.07, 6.45) is 5.41. The Morgan fingerprint density at radius 1 is 0.438 bits per heavy atom. The van der Waals surface area contributed by atoms with Gasteiger partial charge in [0, 0.05) is 40.1 Å². The fourth-order valence-electron chi connectivity index (χ4n) is 4.79. The quantitative estimate of drug-likeness (QED) is 0.347. The van der Waals surface area contributed by atoms with E-state index in [4.69, 9.17) is 0 Å². The fraction of sp³-hybridized carbons (Fsp3) is 0. The van der Waals surface area contributed by atoms with Crippen molar-refractivity contribution in [3.63, 3.8) is 0 Å². The van der Waals surface area contributed by atoms with Gasteiger partial charge < -0.3 is 0 Å². The Balaban J connectivity index is 1.71. The highest BCUT2D eigenvalue weighted by atomic mass is 15.1. The lowest BCUT2D eigenvalue weighted by Gasteiger charge is -2.07. The predicted octanol–water partition coefficient (Wildman–Crippen LogP) is 6.07. The van der Waals surface area contributed by atoms with Gasteiger partial charge in [0.1, 0.15) is 5.82 Å². The molecule has 0 saturated heterocycles. The average Bonchev–Trinajstić information content (AvgIpc) is 3.36. The number of rotatable bonds is 2. The van der Waals surface area contributed by atoms with Crippen molar-refractivity contribution in [2.24, 2.45) is 0 Å². The molecule has 0 atom stereocenters. The standard InChI is InChI=1S/C27H17N5/c1-3-10-22-18(8-1)20-17-25-21(16-24(20)31(22)26-12-5-6-13-28-26)19-9-2-4-11-23(19)32(25)27-29-14-7-15-30-27/h1-17H. The molecule has 0 N–H and O–H groups in total. The molecule has 0 saturated carbocycles. The van der Waals surface area contributed by atoms with E-state index in [9.17, 15) is 0 Å². The minimum absolute atomic E-state index is 0.673. The molecule has 5 nitrogen and oxygen atoms in total. The van der Waals surface area contributed by atoms with Crippen LogP contribution in [-0.4, -0.2) is 24.1 Å². The fourth-order valence-corrected chi connectivity index (χ4v) is 4.79. The monoisotopic (exact) mass is 411 g/mol. The Labute approximate surface area is 183 Å². The van der Waals surface area contributed by atoms with Crippen molar-refractivity contribution in [1.82, 2.24) is 24.1 Å². The molecule has 0 radical (unpaired) electrons. The molecule has 0 aliphatic rings. The van der Waals surface area contributed by atoms with Crippen LogP contribution >= 0.6 is 0 Å². The van der Waals surface area contributed by atoms with E-state index in [2.05, 4.69) is 90.8 Å². The van der Waals surface area contributed by atoms with E-state index in [-0.39, 0.29) is 0 Å². The summed E-state index contributed by atoms with van der Waals surface area (Å²) < 4.78 is 4.40. The van der Waals surface area contributed by atoms with Crippen LogP contribution in [-0.2, 0) is 0 Å². The second-order valence-electron chi connectivity index (χ2n) is 7.83. The van der Waals surface area contributed by atoms with Gasteiger partial charge in [-0.25, -0.2) is 15.0 Å². The number of fused-ring (bicyclic) bond motifs is 6. The summed E-state index contributed by atoms with van der Waals surface area (Å²) in [6, 6.07) is 29.3. The lowest BCUT2D eigenvalue weighted by atomic mass is 10.1. The van der Waals surface area contributed by atoms with Crippen molar-refractivity contribution in [3.05, 3.63) is 104 Å². The first-order chi connectivity index (χ1) is 15.9. The van der Waals surface area contributed by atoms with Gasteiger partial charge >= 0.3 is 0 Å². The van der Waals surface area contributed by atoms with Crippen molar-refractivity contribution in [2.75, 3.05) is 0 Å². The van der Waals surface area contributed by atoms with Crippen LogP contribution in [0, 0.1) is 0 Å². The zero-order valence-corrected chi connectivity index (χ0v) is 17.1. The van der Waals surface area contributed by atoms with Crippen LogP contribution in [0.5, 0.6) is 0 Å². The molecule has 0 spiro atoms. The Kier molecular flexibility index (Phi) is 3.49. The predicted molar refractivity (Wildman–Crippen MR) is 129 cm³/mol. The third-order valence-electron chi connectivity index (χ3n) is 6.10. The molecule has 0 aliphatic carbocycles. The first-order valence-corrected chi connectivity index (χ1v) is 10.6. The molecule has 3 aromatic carbocycles. The Morgan fingerprint density at radius 2 is 1.00 bits per heavy atom. The number of para-hydroxylation sites is 2. The number of aromatic nitrogens is 5. The van der Waals surface area contributed by atoms with Crippen LogP contribution in [0.1, 0.15) is 0 Å². The molecule has 0 fully saturated rings. The SMILES string of the molecule is c1ccc(-n2c3ccccc3c3cc4c(cc32)c2ccccc2n4-c2ncccn2)nc1. The molecular weight excluding hydrogens is 394 g/mol. The summed E-state index contributed by atoms with van der Waals surface area (Å²) in [7, 11) is 0. The van der Waals surface area contributed by atoms with Crippen molar-refractivity contribution in [3.8, 4) is 11.8 Å². The highest BCUT2D eigenvalue weighted by Crippen LogP contribution is 2.38. The lowest BCUT2D eigenvalue weighted by Crippen LogP contribution is -1.99. The topological polar surface area (TPSA) is 48.5 Å². The summed E-state index contributed by atoms with van der Waals surface area (Å²) >= 11 is 0. The Bertz CT molecular complexity index is 1630. The summed E-state index contributed by atoms with van der Waals surface area (Å²) in [4.78, 5) is 13.8. The molecule has 0 amide bonds. The molecule has 0 aliphatic heterocycles. The Hall–Kier alpha value is -4.51. The van der Waals surface area contributed by atoms with Crippen molar-refractivity contribution in [2.45, 2.75) is 0 Å². The van der Waals surface area contributed by atoms with Gasteiger partial charge in [0.15, 0.2) is 0 Å². The largest absolute Gasteiger partial charge is 0.294 e. The number of pyridine rings is 1. The number of hydrogen-bond acceptors (Lipinski definition) is 3. The maximum absolute atomic E-state index is 4.65. The van der Waals surface area contributed by atoms with E-state index in [1.54, 1.807) is 12.4 Å². The molecule has 7 aromatic rings. The smallest absolute Gasteiger partial charge is 0.234 e. The maximum atomic E-state index is 4.65. The second kappa shape index (κ2) is 6.49. The summed E-state index contributed by atoms with van der Waals surface area (Å²) in [6.45, 7) is 0. The number of nitrogens with zero attached hydrogens (tertiary/aromatic N) is 5. The van der Waals surface area contributed by atoms with Gasteiger partial charge in [0.05, 0.1) is 22.1 Å². The lowest BCUT2D eigenvalue weighted by molar-refractivity contribution is 0.989. The average molecular weight is 411 g/mol. The summed E-state index contributed by atoms with van der Waals surface area (Å²) in [5.41, 5.74) is 4.46. The van der Waals surface area contributed by atoms with Gasteiger partial charge in [-0.3, -0.25) is 9.13 Å². The zero-order valence-electron chi connectivity index (χ0n) is 17.1. The van der Waals surface area contributed by atoms with E-state index in [0.717, 1.165) is 27.9 Å². The molecular formula is C27H17N5. The van der Waals surface area contributed by atoms with Crippen molar-refractivity contribution >= 4 is 43.6 Å². The third-order valence-corrected chi connectivity index (χ3v) is 6.10. The molecule has 7 rings (SSSR count). The maximum Gasteiger partial charge on any atom is 0.234 e. The van der Waals surface area contributed by atoms with Crippen LogP contribution < -0.4 is 0 Å². The van der Waals surface area contributed by atoms with E-state index < -0.39 is 0 Å². The Morgan fingerprint density at radius 3 is 1.66 bits per heavy atom. The van der Waals surface area contributed by atoms with E-state index in [1.807, 2.05) is 24.4 Å². The molecule has 5 heteroatoms. The van der Waals surface area contributed by atoms with E-state index in [0.29, 0.717) is 5.95 Å². The highest BCUT2D eigenvalue weighted by Gasteiger charge is 2.18. The van der Waals surface area contributed by atoms with Crippen molar-refractivity contribution in [1.29, 1.82) is 0 Å². The van der Waals surface area contributed by atoms with Gasteiger partial charge in [-0.15, -0.1) is 0 Å². The van der Waals surface area contributed by atoms with E-state index >= 15 is 0 Å². The number of benzene rings is 3. The minimum atomic E-state index is 0.673. The summed E-state index contributed by atoms with van der Waals surface area (Å²) in [5, 5.41) is 4.72. The number of hydrogen-bond donors (Lipinski definition) is 0. The van der Waals surface area contributed by atoms with Gasteiger partial charge in [-0.05, 0) is 42.5 Å². The van der Waals surface area contributed by atoms with Crippen LogP contribution in [0.15, 0.2) is 104 Å². The van der Waals surface area contributed by atoms with Crippen LogP contribution in [0.25, 0.3) is 55.4 Å². The highest BCUT2D eigenvalue weighted by molar-refractivity contribution is 6.18. The molecule has 4 aromatic heterocycles. The van der Waals surface area contributed by atoms with Gasteiger partial charge in [-0.1, -0.05) is 42.5 Å². The zero-order chi connectivity index (χ0) is 21.1. The normalized spacial score (nSPS) is 11.8. The van der Waals surface area contributed by atoms with Crippen LogP contribution in [0.3, 0.4) is 0 Å². The first-order valence-electron chi connectivity index (χ1n) is 10.6. The molecule has 150 valence electrons. The minimum Gasteiger partial charge on any atom is -0.294 e. The molecule has 32 heavy (non-hydrogen) atoms. The van der Waals surface area contributed by atoms with Crippen LogP contribution in [0.4, 0.5) is 0 Å². The van der Waals surface area contributed by atoms with Gasteiger partial charge in [-0.2, -0.15) is 0 Å². The first kappa shape index (κ1) is 17.2. The van der Waals surface area contributed by atoms with Gasteiger partial charge in [0.2, 0.25) is 5.95 Å². The summed E-state index contributed by atoms with van der Waals surface area (Å²) in [5.74, 6) is 1.58. The third kappa shape index (κ3) is 2.30. The second-order valence-corrected chi connectivity index (χ2v) is 7.83. The van der Waals surface area contributed by atoms with Crippen LogP contribution in [0.2, 0.25) is 0 Å². The molecule has 0 unspecified atom stereocenters. The van der Waals surface area contributed by atoms with Gasteiger partial charge in [0.25, 0.3) is 0 Å². The van der Waals surface area contributed by atoms with Crippen molar-refractivity contribution < 1.29 is 0 Å².